The first-order valence-electron chi connectivity index (χ1n) is 5.54. The molecule has 0 saturated heterocycles. The van der Waals surface area contributed by atoms with Crippen molar-refractivity contribution in [3.63, 3.8) is 0 Å². The summed E-state index contributed by atoms with van der Waals surface area (Å²) >= 11 is 11.5. The number of alkyl halides is 3. The molecule has 1 atom stereocenters. The molecule has 1 rings (SSSR count). The van der Waals surface area contributed by atoms with E-state index in [1.165, 1.54) is 0 Å². The van der Waals surface area contributed by atoms with Crippen LogP contribution in [0.1, 0.15) is 12.0 Å². The minimum Gasteiger partial charge on any atom is -0.391 e. The predicted molar refractivity (Wildman–Crippen MR) is 67.5 cm³/mol. The Kier molecular flexibility index (Phi) is 6.32. The Morgan fingerprint density at radius 1 is 1.32 bits per heavy atom. The van der Waals surface area contributed by atoms with E-state index in [9.17, 15) is 13.2 Å². The van der Waals surface area contributed by atoms with E-state index in [0.29, 0.717) is 13.0 Å². The van der Waals surface area contributed by atoms with Crippen LogP contribution in [-0.4, -0.2) is 35.5 Å². The van der Waals surface area contributed by atoms with Gasteiger partial charge >= 0.3 is 6.18 Å². The lowest BCUT2D eigenvalue weighted by atomic mass is 10.2. The molecule has 0 aliphatic heterocycles. The van der Waals surface area contributed by atoms with Crippen molar-refractivity contribution in [3.8, 4) is 0 Å². The SMILES string of the molecule is OC(CNCCc1ccc(Cl)nc1Cl)CC(F)(F)F. The lowest BCUT2D eigenvalue weighted by Gasteiger charge is -2.14. The number of aromatic nitrogens is 1. The van der Waals surface area contributed by atoms with Crippen molar-refractivity contribution >= 4 is 23.2 Å². The van der Waals surface area contributed by atoms with Gasteiger partial charge in [0.2, 0.25) is 0 Å². The van der Waals surface area contributed by atoms with Crippen LogP contribution >= 0.6 is 23.2 Å². The summed E-state index contributed by atoms with van der Waals surface area (Å²) in [5.41, 5.74) is 0.740. The Labute approximate surface area is 118 Å². The highest BCUT2D eigenvalue weighted by atomic mass is 35.5. The van der Waals surface area contributed by atoms with Gasteiger partial charge in [-0.05, 0) is 24.6 Å². The van der Waals surface area contributed by atoms with Crippen molar-refractivity contribution in [2.24, 2.45) is 0 Å². The zero-order chi connectivity index (χ0) is 14.5. The monoisotopic (exact) mass is 316 g/mol. The van der Waals surface area contributed by atoms with Crippen LogP contribution in [0.2, 0.25) is 10.3 Å². The van der Waals surface area contributed by atoms with E-state index in [4.69, 9.17) is 28.3 Å². The Hall–Kier alpha value is -0.560. The normalized spacial score (nSPS) is 13.6. The second-order valence-corrected chi connectivity index (χ2v) is 4.76. The van der Waals surface area contributed by atoms with E-state index < -0.39 is 18.7 Å². The average molecular weight is 317 g/mol. The van der Waals surface area contributed by atoms with E-state index >= 15 is 0 Å². The quantitative estimate of drug-likeness (QED) is 0.626. The van der Waals surface area contributed by atoms with Gasteiger partial charge in [0.05, 0.1) is 12.5 Å². The molecule has 0 aliphatic carbocycles. The highest BCUT2D eigenvalue weighted by Crippen LogP contribution is 2.21. The van der Waals surface area contributed by atoms with Crippen LogP contribution in [0, 0.1) is 0 Å². The van der Waals surface area contributed by atoms with E-state index in [0.717, 1.165) is 5.56 Å². The molecular weight excluding hydrogens is 304 g/mol. The number of nitrogens with one attached hydrogen (secondary N) is 1. The number of rotatable bonds is 6. The molecule has 0 aromatic carbocycles. The van der Waals surface area contributed by atoms with Crippen molar-refractivity contribution in [2.75, 3.05) is 13.1 Å². The van der Waals surface area contributed by atoms with Crippen LogP contribution in [0.15, 0.2) is 12.1 Å². The summed E-state index contributed by atoms with van der Waals surface area (Å²) in [4.78, 5) is 3.84. The van der Waals surface area contributed by atoms with Gasteiger partial charge in [0.15, 0.2) is 0 Å². The van der Waals surface area contributed by atoms with Gasteiger partial charge < -0.3 is 10.4 Å². The molecule has 0 aliphatic rings. The number of hydrogen-bond acceptors (Lipinski definition) is 3. The number of hydrogen-bond donors (Lipinski definition) is 2. The Bertz CT molecular complexity index is 415. The minimum absolute atomic E-state index is 0.127. The van der Waals surface area contributed by atoms with Crippen molar-refractivity contribution in [3.05, 3.63) is 28.0 Å². The number of nitrogens with zero attached hydrogens (tertiary/aromatic N) is 1. The molecule has 8 heteroatoms. The summed E-state index contributed by atoms with van der Waals surface area (Å²) in [5.74, 6) is 0. The van der Waals surface area contributed by atoms with Gasteiger partial charge in [-0.2, -0.15) is 13.2 Å². The largest absolute Gasteiger partial charge is 0.391 e. The van der Waals surface area contributed by atoms with Crippen molar-refractivity contribution < 1.29 is 18.3 Å². The molecule has 0 amide bonds. The van der Waals surface area contributed by atoms with Gasteiger partial charge in [0, 0.05) is 6.54 Å². The number of pyridine rings is 1. The molecule has 1 unspecified atom stereocenters. The van der Waals surface area contributed by atoms with Gasteiger partial charge in [0.1, 0.15) is 10.3 Å². The molecular formula is C11H13Cl2F3N2O. The van der Waals surface area contributed by atoms with Crippen LogP contribution < -0.4 is 5.32 Å². The maximum absolute atomic E-state index is 11.9. The molecule has 0 saturated carbocycles. The molecule has 0 spiro atoms. The number of aliphatic hydroxyl groups excluding tert-OH is 1. The standard InChI is InChI=1S/C11H13Cl2F3N2O/c12-9-2-1-7(10(13)18-9)3-4-17-6-8(19)5-11(14,15)16/h1-2,8,17,19H,3-6H2. The van der Waals surface area contributed by atoms with Crippen LogP contribution in [0.4, 0.5) is 13.2 Å². The van der Waals surface area contributed by atoms with E-state index in [1.54, 1.807) is 12.1 Å². The van der Waals surface area contributed by atoms with Crippen molar-refractivity contribution in [1.29, 1.82) is 0 Å². The number of halogens is 5. The highest BCUT2D eigenvalue weighted by molar-refractivity contribution is 6.32. The zero-order valence-corrected chi connectivity index (χ0v) is 11.4. The van der Waals surface area contributed by atoms with Crippen LogP contribution in [0.3, 0.4) is 0 Å². The van der Waals surface area contributed by atoms with Gasteiger partial charge in [-0.1, -0.05) is 29.3 Å². The van der Waals surface area contributed by atoms with E-state index in [1.807, 2.05) is 0 Å². The highest BCUT2D eigenvalue weighted by Gasteiger charge is 2.30. The van der Waals surface area contributed by atoms with E-state index in [-0.39, 0.29) is 16.9 Å². The maximum Gasteiger partial charge on any atom is 0.391 e. The molecule has 108 valence electrons. The van der Waals surface area contributed by atoms with Crippen LogP contribution in [-0.2, 0) is 6.42 Å². The molecule has 0 fully saturated rings. The predicted octanol–water partition coefficient (Wildman–Crippen LogP) is 2.83. The molecule has 1 aromatic rings. The lowest BCUT2D eigenvalue weighted by molar-refractivity contribution is -0.152. The van der Waals surface area contributed by atoms with Gasteiger partial charge in [-0.3, -0.25) is 0 Å². The topological polar surface area (TPSA) is 45.1 Å². The summed E-state index contributed by atoms with van der Waals surface area (Å²) in [6.45, 7) is 0.260. The third-order valence-electron chi connectivity index (χ3n) is 2.31. The molecule has 0 bridgehead atoms. The molecule has 1 heterocycles. The zero-order valence-electron chi connectivity index (χ0n) is 9.84. The first-order chi connectivity index (χ1) is 8.78. The second kappa shape index (κ2) is 7.28. The smallest absolute Gasteiger partial charge is 0.391 e. The fourth-order valence-electron chi connectivity index (χ4n) is 1.46. The summed E-state index contributed by atoms with van der Waals surface area (Å²) in [5, 5.41) is 12.4. The van der Waals surface area contributed by atoms with Crippen molar-refractivity contribution in [1.82, 2.24) is 10.3 Å². The Balaban J connectivity index is 2.27. The first kappa shape index (κ1) is 16.5. The molecule has 19 heavy (non-hydrogen) atoms. The fourth-order valence-corrected chi connectivity index (χ4v) is 1.90. The van der Waals surface area contributed by atoms with Gasteiger partial charge in [-0.15, -0.1) is 0 Å². The first-order valence-corrected chi connectivity index (χ1v) is 6.30. The van der Waals surface area contributed by atoms with Crippen LogP contribution in [0.25, 0.3) is 0 Å². The molecule has 1 aromatic heterocycles. The second-order valence-electron chi connectivity index (χ2n) is 4.01. The van der Waals surface area contributed by atoms with Gasteiger partial charge in [-0.25, -0.2) is 4.98 Å². The Morgan fingerprint density at radius 3 is 2.58 bits per heavy atom. The van der Waals surface area contributed by atoms with Gasteiger partial charge in [0.25, 0.3) is 0 Å². The third kappa shape index (κ3) is 6.96. The van der Waals surface area contributed by atoms with Crippen molar-refractivity contribution in [2.45, 2.75) is 25.1 Å². The maximum atomic E-state index is 11.9. The van der Waals surface area contributed by atoms with Crippen LogP contribution in [0.5, 0.6) is 0 Å². The summed E-state index contributed by atoms with van der Waals surface area (Å²) < 4.78 is 35.8. The fraction of sp³-hybridized carbons (Fsp3) is 0.545. The summed E-state index contributed by atoms with van der Waals surface area (Å²) in [6, 6.07) is 3.28. The summed E-state index contributed by atoms with van der Waals surface area (Å²) in [7, 11) is 0. The molecule has 3 nitrogen and oxygen atoms in total. The molecule has 2 N–H and O–H groups in total. The minimum atomic E-state index is -4.36. The summed E-state index contributed by atoms with van der Waals surface area (Å²) in [6.07, 6.45) is -6.53. The van der Waals surface area contributed by atoms with E-state index in [2.05, 4.69) is 10.3 Å². The third-order valence-corrected chi connectivity index (χ3v) is 2.85. The Morgan fingerprint density at radius 2 is 2.00 bits per heavy atom. The number of aliphatic hydroxyl groups is 1. The lowest BCUT2D eigenvalue weighted by Crippen LogP contribution is -2.32. The molecule has 0 radical (unpaired) electrons. The average Bonchev–Trinajstić information content (AvgIpc) is 2.24.